The van der Waals surface area contributed by atoms with Crippen LogP contribution in [0.4, 0.5) is 5.69 Å². The van der Waals surface area contributed by atoms with Crippen molar-refractivity contribution >= 4 is 17.5 Å². The number of imide groups is 1. The Bertz CT molecular complexity index is 675. The van der Waals surface area contributed by atoms with Gasteiger partial charge in [-0.25, -0.2) is 4.98 Å². The number of carbonyl (C=O) groups is 2. The fraction of sp³-hybridized carbons (Fsp3) is 0.154. The number of carbonyl (C=O) groups excluding carboxylic acids is 2. The molecule has 2 amide bonds. The van der Waals surface area contributed by atoms with Gasteiger partial charge in [0.1, 0.15) is 5.82 Å². The first-order valence-electron chi connectivity index (χ1n) is 5.85. The summed E-state index contributed by atoms with van der Waals surface area (Å²) in [5.74, 6) is 0.206. The summed E-state index contributed by atoms with van der Waals surface area (Å²) >= 11 is 0. The van der Waals surface area contributed by atoms with Gasteiger partial charge in [0, 0.05) is 25.1 Å². The number of hydrogen-bond donors (Lipinski definition) is 2. The van der Waals surface area contributed by atoms with Gasteiger partial charge in [0.05, 0.1) is 17.7 Å². The SMILES string of the molecule is Cn1ccnc1CNc1ccc2c(c1)C(=O)NC2=O. The molecule has 6 nitrogen and oxygen atoms in total. The third kappa shape index (κ3) is 1.97. The minimum atomic E-state index is -0.347. The maximum Gasteiger partial charge on any atom is 0.259 e. The third-order valence-electron chi connectivity index (χ3n) is 3.11. The first kappa shape index (κ1) is 11.5. The van der Waals surface area contributed by atoms with E-state index in [9.17, 15) is 9.59 Å². The first-order valence-corrected chi connectivity index (χ1v) is 5.85. The van der Waals surface area contributed by atoms with Gasteiger partial charge in [-0.15, -0.1) is 0 Å². The van der Waals surface area contributed by atoms with Gasteiger partial charge in [-0.05, 0) is 18.2 Å². The van der Waals surface area contributed by atoms with E-state index in [0.29, 0.717) is 17.7 Å². The summed E-state index contributed by atoms with van der Waals surface area (Å²) in [5, 5.41) is 5.44. The van der Waals surface area contributed by atoms with Crippen molar-refractivity contribution in [1.29, 1.82) is 0 Å². The number of nitrogens with zero attached hydrogens (tertiary/aromatic N) is 2. The lowest BCUT2D eigenvalue weighted by Gasteiger charge is -2.07. The molecule has 0 spiro atoms. The number of fused-ring (bicyclic) bond motifs is 1. The quantitative estimate of drug-likeness (QED) is 0.800. The summed E-state index contributed by atoms with van der Waals surface area (Å²) in [6.07, 6.45) is 3.59. The monoisotopic (exact) mass is 256 g/mol. The van der Waals surface area contributed by atoms with Gasteiger partial charge >= 0.3 is 0 Å². The van der Waals surface area contributed by atoms with E-state index >= 15 is 0 Å². The lowest BCUT2D eigenvalue weighted by molar-refractivity contribution is 0.0879. The van der Waals surface area contributed by atoms with E-state index in [-0.39, 0.29) is 11.8 Å². The van der Waals surface area contributed by atoms with Gasteiger partial charge in [0.15, 0.2) is 0 Å². The fourth-order valence-corrected chi connectivity index (χ4v) is 2.03. The molecule has 1 aliphatic heterocycles. The van der Waals surface area contributed by atoms with Crippen LogP contribution in [0.1, 0.15) is 26.5 Å². The van der Waals surface area contributed by atoms with E-state index in [0.717, 1.165) is 11.5 Å². The van der Waals surface area contributed by atoms with Gasteiger partial charge in [-0.3, -0.25) is 14.9 Å². The number of benzene rings is 1. The van der Waals surface area contributed by atoms with Crippen molar-refractivity contribution in [3.63, 3.8) is 0 Å². The lowest BCUT2D eigenvalue weighted by Crippen LogP contribution is -2.19. The van der Waals surface area contributed by atoms with Crippen LogP contribution in [0.15, 0.2) is 30.6 Å². The maximum absolute atomic E-state index is 11.5. The van der Waals surface area contributed by atoms with E-state index < -0.39 is 0 Å². The highest BCUT2D eigenvalue weighted by Crippen LogP contribution is 2.20. The van der Waals surface area contributed by atoms with Crippen molar-refractivity contribution < 1.29 is 9.59 Å². The van der Waals surface area contributed by atoms with Crippen molar-refractivity contribution in [2.24, 2.45) is 7.05 Å². The standard InChI is InChI=1S/C13H12N4O2/c1-17-5-4-14-11(17)7-15-8-2-3-9-10(6-8)13(19)16-12(9)18/h2-6,15H,7H2,1H3,(H,16,18,19). The van der Waals surface area contributed by atoms with Crippen molar-refractivity contribution in [3.05, 3.63) is 47.5 Å². The minimum absolute atomic E-state index is 0.337. The number of amides is 2. The number of anilines is 1. The zero-order chi connectivity index (χ0) is 13.4. The highest BCUT2D eigenvalue weighted by Gasteiger charge is 2.26. The van der Waals surface area contributed by atoms with Crippen LogP contribution in [0.2, 0.25) is 0 Å². The molecule has 1 aliphatic rings. The zero-order valence-electron chi connectivity index (χ0n) is 10.3. The van der Waals surface area contributed by atoms with Crippen molar-refractivity contribution in [2.75, 3.05) is 5.32 Å². The molecule has 0 unspecified atom stereocenters. The van der Waals surface area contributed by atoms with E-state index in [1.54, 1.807) is 24.4 Å². The Morgan fingerprint density at radius 2 is 2.05 bits per heavy atom. The molecule has 0 saturated carbocycles. The summed E-state index contributed by atoms with van der Waals surface area (Å²) in [7, 11) is 1.92. The first-order chi connectivity index (χ1) is 9.15. The molecule has 6 heteroatoms. The number of aryl methyl sites for hydroxylation is 1. The molecule has 0 saturated heterocycles. The smallest absolute Gasteiger partial charge is 0.259 e. The van der Waals surface area contributed by atoms with Crippen LogP contribution in [0.5, 0.6) is 0 Å². The molecule has 2 N–H and O–H groups in total. The second kappa shape index (κ2) is 4.24. The highest BCUT2D eigenvalue weighted by molar-refractivity contribution is 6.21. The van der Waals surface area contributed by atoms with Crippen molar-refractivity contribution in [1.82, 2.24) is 14.9 Å². The molecule has 1 aromatic carbocycles. The molecule has 0 atom stereocenters. The van der Waals surface area contributed by atoms with Crippen LogP contribution < -0.4 is 10.6 Å². The van der Waals surface area contributed by atoms with E-state index in [1.807, 2.05) is 17.8 Å². The lowest BCUT2D eigenvalue weighted by atomic mass is 10.1. The molecule has 2 aromatic rings. The second-order valence-electron chi connectivity index (χ2n) is 4.35. The average molecular weight is 256 g/mol. The average Bonchev–Trinajstić information content (AvgIpc) is 2.92. The minimum Gasteiger partial charge on any atom is -0.378 e. The third-order valence-corrected chi connectivity index (χ3v) is 3.11. The molecule has 96 valence electrons. The van der Waals surface area contributed by atoms with E-state index in [2.05, 4.69) is 15.6 Å². The summed E-state index contributed by atoms with van der Waals surface area (Å²) < 4.78 is 1.91. The molecule has 0 aliphatic carbocycles. The normalized spacial score (nSPS) is 13.3. The van der Waals surface area contributed by atoms with Gasteiger partial charge in [-0.2, -0.15) is 0 Å². The Balaban J connectivity index is 1.80. The summed E-state index contributed by atoms with van der Waals surface area (Å²) in [5.41, 5.74) is 1.62. The topological polar surface area (TPSA) is 76.0 Å². The predicted octanol–water partition coefficient (Wildman–Crippen LogP) is 0.916. The molecular weight excluding hydrogens is 244 g/mol. The molecule has 1 aromatic heterocycles. The van der Waals surface area contributed by atoms with Crippen LogP contribution in [0.3, 0.4) is 0 Å². The van der Waals surface area contributed by atoms with Gasteiger partial charge in [-0.1, -0.05) is 0 Å². The molecule has 2 heterocycles. The van der Waals surface area contributed by atoms with Crippen LogP contribution in [-0.4, -0.2) is 21.4 Å². The summed E-state index contributed by atoms with van der Waals surface area (Å²) in [6, 6.07) is 5.11. The zero-order valence-corrected chi connectivity index (χ0v) is 10.3. The fourth-order valence-electron chi connectivity index (χ4n) is 2.03. The Morgan fingerprint density at radius 3 is 2.79 bits per heavy atom. The Labute approximate surface area is 109 Å². The molecule has 0 bridgehead atoms. The molecule has 19 heavy (non-hydrogen) atoms. The van der Waals surface area contributed by atoms with Crippen molar-refractivity contribution in [2.45, 2.75) is 6.54 Å². The summed E-state index contributed by atoms with van der Waals surface area (Å²) in [4.78, 5) is 27.1. The Hall–Kier alpha value is -2.63. The van der Waals surface area contributed by atoms with E-state index in [1.165, 1.54) is 0 Å². The highest BCUT2D eigenvalue weighted by atomic mass is 16.2. The molecular formula is C13H12N4O2. The van der Waals surface area contributed by atoms with Gasteiger partial charge in [0.2, 0.25) is 0 Å². The van der Waals surface area contributed by atoms with Crippen LogP contribution in [0, 0.1) is 0 Å². The number of hydrogen-bond acceptors (Lipinski definition) is 4. The van der Waals surface area contributed by atoms with Gasteiger partial charge < -0.3 is 9.88 Å². The largest absolute Gasteiger partial charge is 0.378 e. The van der Waals surface area contributed by atoms with Crippen LogP contribution >= 0.6 is 0 Å². The Kier molecular flexibility index (Phi) is 2.56. The van der Waals surface area contributed by atoms with Crippen molar-refractivity contribution in [3.8, 4) is 0 Å². The van der Waals surface area contributed by atoms with Gasteiger partial charge in [0.25, 0.3) is 11.8 Å². The number of imidazole rings is 1. The van der Waals surface area contributed by atoms with Crippen LogP contribution in [-0.2, 0) is 13.6 Å². The molecule has 0 fully saturated rings. The number of aromatic nitrogens is 2. The van der Waals surface area contributed by atoms with Crippen LogP contribution in [0.25, 0.3) is 0 Å². The molecule has 3 rings (SSSR count). The number of nitrogens with one attached hydrogen (secondary N) is 2. The number of rotatable bonds is 3. The predicted molar refractivity (Wildman–Crippen MR) is 68.8 cm³/mol. The second-order valence-corrected chi connectivity index (χ2v) is 4.35. The molecule has 0 radical (unpaired) electrons. The Morgan fingerprint density at radius 1 is 1.26 bits per heavy atom. The van der Waals surface area contributed by atoms with E-state index in [4.69, 9.17) is 0 Å². The summed E-state index contributed by atoms with van der Waals surface area (Å²) in [6.45, 7) is 0.553. The maximum atomic E-state index is 11.5.